The Bertz CT molecular complexity index is 957. The summed E-state index contributed by atoms with van der Waals surface area (Å²) in [5.41, 5.74) is 1.67. The van der Waals surface area contributed by atoms with Crippen molar-refractivity contribution >= 4 is 34.2 Å². The van der Waals surface area contributed by atoms with Crippen LogP contribution >= 0.6 is 23.2 Å². The highest BCUT2D eigenvalue weighted by atomic mass is 35.5. The maximum Gasteiger partial charge on any atom is 0.222 e. The molecule has 1 atom stereocenters. The molecule has 0 amide bonds. The molecule has 0 fully saturated rings. The van der Waals surface area contributed by atoms with Crippen LogP contribution in [0.4, 0.5) is 4.39 Å². The van der Waals surface area contributed by atoms with Crippen LogP contribution in [0.2, 0.25) is 10.3 Å². The zero-order valence-corrected chi connectivity index (χ0v) is 13.8. The number of halogens is 3. The minimum Gasteiger partial charge on any atom is -0.488 e. The highest BCUT2D eigenvalue weighted by Crippen LogP contribution is 2.43. The number of benzene rings is 1. The van der Waals surface area contributed by atoms with Gasteiger partial charge in [-0.15, -0.1) is 0 Å². The molecule has 4 rings (SSSR count). The molecule has 23 heavy (non-hydrogen) atoms. The van der Waals surface area contributed by atoms with E-state index in [0.717, 1.165) is 5.82 Å². The molecule has 5 nitrogen and oxygen atoms in total. The lowest BCUT2D eigenvalue weighted by atomic mass is 10.1. The van der Waals surface area contributed by atoms with Gasteiger partial charge in [0.25, 0.3) is 0 Å². The summed E-state index contributed by atoms with van der Waals surface area (Å²) in [6.45, 7) is 4.30. The summed E-state index contributed by atoms with van der Waals surface area (Å²) in [6.07, 6.45) is 1.38. The molecule has 0 aliphatic carbocycles. The molecule has 2 aromatic heterocycles. The molecule has 0 bridgehead atoms. The monoisotopic (exact) mass is 352 g/mol. The first-order valence-corrected chi connectivity index (χ1v) is 7.75. The Kier molecular flexibility index (Phi) is 3.21. The molecular formula is C15H11Cl2FN4O. The van der Waals surface area contributed by atoms with Crippen molar-refractivity contribution in [3.05, 3.63) is 34.2 Å². The second-order valence-electron chi connectivity index (χ2n) is 5.46. The van der Waals surface area contributed by atoms with E-state index in [1.165, 1.54) is 12.3 Å². The van der Waals surface area contributed by atoms with Crippen LogP contribution in [0.5, 0.6) is 5.75 Å². The lowest BCUT2D eigenvalue weighted by Gasteiger charge is -2.25. The summed E-state index contributed by atoms with van der Waals surface area (Å²) >= 11 is 12.0. The van der Waals surface area contributed by atoms with Crippen molar-refractivity contribution in [2.45, 2.75) is 19.9 Å². The second-order valence-corrected chi connectivity index (χ2v) is 6.20. The summed E-state index contributed by atoms with van der Waals surface area (Å²) < 4.78 is 22.4. The first-order valence-electron chi connectivity index (χ1n) is 6.99. The molecular weight excluding hydrogens is 342 g/mol. The Morgan fingerprint density at radius 2 is 2.13 bits per heavy atom. The molecule has 0 spiro atoms. The highest BCUT2D eigenvalue weighted by molar-refractivity contribution is 6.33. The number of aryl methyl sites for hydroxylation is 1. The first-order chi connectivity index (χ1) is 11.0. The predicted molar refractivity (Wildman–Crippen MR) is 85.7 cm³/mol. The highest BCUT2D eigenvalue weighted by Gasteiger charge is 2.29. The van der Waals surface area contributed by atoms with E-state index in [9.17, 15) is 4.39 Å². The molecule has 1 unspecified atom stereocenters. The minimum atomic E-state index is -0.455. The van der Waals surface area contributed by atoms with Crippen molar-refractivity contribution in [1.29, 1.82) is 0 Å². The van der Waals surface area contributed by atoms with Crippen LogP contribution < -0.4 is 4.74 Å². The Balaban J connectivity index is 2.12. The van der Waals surface area contributed by atoms with Crippen molar-refractivity contribution in [3.8, 4) is 17.0 Å². The summed E-state index contributed by atoms with van der Waals surface area (Å²) in [6, 6.07) is 1.39. The number of imidazole rings is 1. The number of hydrogen-bond acceptors (Lipinski definition) is 4. The number of ether oxygens (including phenoxy) is 1. The third kappa shape index (κ3) is 2.09. The molecule has 0 saturated carbocycles. The van der Waals surface area contributed by atoms with Gasteiger partial charge in [-0.3, -0.25) is 0 Å². The number of nitrogens with zero attached hydrogens (tertiary/aromatic N) is 4. The molecule has 1 aromatic carbocycles. The van der Waals surface area contributed by atoms with Crippen LogP contribution in [0.25, 0.3) is 22.3 Å². The number of rotatable bonds is 1. The average Bonchev–Trinajstić information content (AvgIpc) is 2.87. The van der Waals surface area contributed by atoms with Crippen molar-refractivity contribution in [2.24, 2.45) is 0 Å². The lowest BCUT2D eigenvalue weighted by molar-refractivity contribution is 0.247. The molecule has 3 aromatic rings. The van der Waals surface area contributed by atoms with Crippen molar-refractivity contribution in [3.63, 3.8) is 0 Å². The smallest absolute Gasteiger partial charge is 0.222 e. The van der Waals surface area contributed by atoms with Crippen LogP contribution in [0.3, 0.4) is 0 Å². The number of hydrogen-bond donors (Lipinski definition) is 0. The zero-order chi connectivity index (χ0) is 16.3. The van der Waals surface area contributed by atoms with E-state index in [0.29, 0.717) is 29.1 Å². The lowest BCUT2D eigenvalue weighted by Crippen LogP contribution is -2.20. The van der Waals surface area contributed by atoms with Gasteiger partial charge < -0.3 is 9.30 Å². The minimum absolute atomic E-state index is 0.0333. The standard InChI is InChI=1S/C15H11Cl2FN4O/c1-6-5-23-14-8(11-9(16)4-19-15(17)21-11)3-10(18)12-13(14)22(6)7(2)20-12/h3-4,6H,5H2,1-2H3. The van der Waals surface area contributed by atoms with Gasteiger partial charge in [0.2, 0.25) is 5.28 Å². The Morgan fingerprint density at radius 1 is 1.35 bits per heavy atom. The van der Waals surface area contributed by atoms with Gasteiger partial charge in [0.15, 0.2) is 11.6 Å². The third-order valence-electron chi connectivity index (χ3n) is 3.92. The first kappa shape index (κ1) is 14.7. The van der Waals surface area contributed by atoms with Crippen LogP contribution in [-0.4, -0.2) is 26.1 Å². The molecule has 3 heterocycles. The Morgan fingerprint density at radius 3 is 2.91 bits per heavy atom. The molecule has 1 aliphatic rings. The van der Waals surface area contributed by atoms with E-state index >= 15 is 0 Å². The summed E-state index contributed by atoms with van der Waals surface area (Å²) in [7, 11) is 0. The van der Waals surface area contributed by atoms with Gasteiger partial charge in [0.1, 0.15) is 23.5 Å². The fourth-order valence-electron chi connectivity index (χ4n) is 2.99. The largest absolute Gasteiger partial charge is 0.488 e. The van der Waals surface area contributed by atoms with Crippen molar-refractivity contribution in [2.75, 3.05) is 6.61 Å². The van der Waals surface area contributed by atoms with E-state index in [2.05, 4.69) is 15.0 Å². The maximum absolute atomic E-state index is 14.6. The normalized spacial score (nSPS) is 16.7. The zero-order valence-electron chi connectivity index (χ0n) is 12.3. The van der Waals surface area contributed by atoms with Gasteiger partial charge in [0.05, 0.1) is 23.0 Å². The van der Waals surface area contributed by atoms with Gasteiger partial charge in [-0.1, -0.05) is 11.6 Å². The van der Waals surface area contributed by atoms with E-state index in [4.69, 9.17) is 27.9 Å². The van der Waals surface area contributed by atoms with E-state index in [1.807, 2.05) is 18.4 Å². The number of aromatic nitrogens is 4. The Labute approximate surface area is 141 Å². The van der Waals surface area contributed by atoms with Crippen molar-refractivity contribution < 1.29 is 9.13 Å². The van der Waals surface area contributed by atoms with Crippen LogP contribution in [0.1, 0.15) is 18.8 Å². The van der Waals surface area contributed by atoms with Gasteiger partial charge in [-0.05, 0) is 31.5 Å². The fraction of sp³-hybridized carbons (Fsp3) is 0.267. The molecule has 8 heteroatoms. The molecule has 1 aliphatic heterocycles. The van der Waals surface area contributed by atoms with E-state index in [-0.39, 0.29) is 21.9 Å². The van der Waals surface area contributed by atoms with Gasteiger partial charge in [-0.2, -0.15) is 0 Å². The molecule has 0 radical (unpaired) electrons. The van der Waals surface area contributed by atoms with E-state index < -0.39 is 5.82 Å². The van der Waals surface area contributed by atoms with Gasteiger partial charge >= 0.3 is 0 Å². The van der Waals surface area contributed by atoms with Crippen LogP contribution in [0.15, 0.2) is 12.3 Å². The summed E-state index contributed by atoms with van der Waals surface area (Å²) in [5, 5.41) is 0.306. The quantitative estimate of drug-likeness (QED) is 0.616. The van der Waals surface area contributed by atoms with Gasteiger partial charge in [-0.25, -0.2) is 19.3 Å². The SMILES string of the molecule is Cc1nc2c(F)cc(-c3nc(Cl)ncc3Cl)c3c2n1C(C)CO3. The maximum atomic E-state index is 14.6. The molecule has 0 N–H and O–H groups in total. The molecule has 118 valence electrons. The summed E-state index contributed by atoms with van der Waals surface area (Å²) in [4.78, 5) is 12.3. The van der Waals surface area contributed by atoms with Crippen molar-refractivity contribution in [1.82, 2.24) is 19.5 Å². The predicted octanol–water partition coefficient (Wildman–Crippen LogP) is 4.20. The van der Waals surface area contributed by atoms with E-state index in [1.54, 1.807) is 0 Å². The average molecular weight is 353 g/mol. The molecule has 0 saturated heterocycles. The summed E-state index contributed by atoms with van der Waals surface area (Å²) in [5.74, 6) is 0.792. The second kappa shape index (κ2) is 5.04. The van der Waals surface area contributed by atoms with Gasteiger partial charge in [0, 0.05) is 5.56 Å². The topological polar surface area (TPSA) is 52.8 Å². The third-order valence-corrected chi connectivity index (χ3v) is 4.38. The van der Waals surface area contributed by atoms with Crippen LogP contribution in [-0.2, 0) is 0 Å². The fourth-order valence-corrected chi connectivity index (χ4v) is 3.32. The van der Waals surface area contributed by atoms with Crippen LogP contribution in [0, 0.1) is 12.7 Å². The Hall–Kier alpha value is -1.92.